The van der Waals surface area contributed by atoms with Crippen molar-refractivity contribution < 1.29 is 48.7 Å². The predicted molar refractivity (Wildman–Crippen MR) is 564 cm³/mol. The van der Waals surface area contributed by atoms with Crippen LogP contribution in [0.2, 0.25) is 54.2 Å². The number of terminal acetylenes is 1. The number of anilines is 7. The number of hydrogen-bond acceptors (Lipinski definition) is 23. The van der Waals surface area contributed by atoms with Gasteiger partial charge in [-0.1, -0.05) is 163 Å². The van der Waals surface area contributed by atoms with Gasteiger partial charge in [-0.2, -0.15) is 0 Å². The number of nitrogens with one attached hydrogen (secondary N) is 4. The van der Waals surface area contributed by atoms with Crippen LogP contribution in [0, 0.1) is 45.7 Å². The van der Waals surface area contributed by atoms with Gasteiger partial charge in [-0.05, 0) is 242 Å². The molecular weight excluding hydrogens is 2150 g/mol. The number of rotatable bonds is 15. The highest BCUT2D eigenvalue weighted by Crippen LogP contribution is 2.37. The molecule has 0 saturated carbocycles. The van der Waals surface area contributed by atoms with Gasteiger partial charge in [0.1, 0.15) is 59.4 Å². The average Bonchev–Trinajstić information content (AvgIpc) is 1.63. The number of aliphatic hydroxyl groups is 4. The molecule has 0 saturated heterocycles. The Bertz CT molecular complexity index is 5090. The van der Waals surface area contributed by atoms with E-state index >= 15 is 0 Å². The second-order valence-electron chi connectivity index (χ2n) is 35.1. The van der Waals surface area contributed by atoms with E-state index < -0.39 is 31.7 Å². The number of nitrogen functional groups attached to an aromatic ring is 3. The Morgan fingerprint density at radius 3 is 1.26 bits per heavy atom. The number of hydrogen-bond donors (Lipinski definition) is 11. The molecule has 27 nitrogen and oxygen atoms in total. The number of pyridine rings is 8. The summed E-state index contributed by atoms with van der Waals surface area (Å²) in [5.74, 6) is 9.36. The summed E-state index contributed by atoms with van der Waals surface area (Å²) in [4.78, 5) is 64.2. The van der Waals surface area contributed by atoms with E-state index in [0.29, 0.717) is 90.8 Å². The van der Waals surface area contributed by atoms with Gasteiger partial charge < -0.3 is 76.1 Å². The van der Waals surface area contributed by atoms with Crippen molar-refractivity contribution in [1.82, 2.24) is 49.0 Å². The third-order valence-corrected chi connectivity index (χ3v) is 24.7. The van der Waals surface area contributed by atoms with Gasteiger partial charge >= 0.3 is 12.2 Å². The molecule has 0 aliphatic rings. The van der Waals surface area contributed by atoms with Crippen LogP contribution in [0.3, 0.4) is 0 Å². The van der Waals surface area contributed by atoms with Crippen molar-refractivity contribution in [2.75, 3.05) is 84.6 Å². The molecule has 0 aliphatic carbocycles. The summed E-state index contributed by atoms with van der Waals surface area (Å²) >= 11 is 46.0. The number of aromatic nitrogens is 10. The first-order valence-corrected chi connectivity index (χ1v) is 48.5. The maximum Gasteiger partial charge on any atom is 0.412 e. The second-order valence-corrected chi connectivity index (χ2v) is 46.1. The molecule has 0 radical (unpaired) electrons. The van der Waals surface area contributed by atoms with Crippen molar-refractivity contribution >= 4 is 238 Å². The number of ether oxygens (including phenoxy) is 2. The number of carbonyl (C=O) groups is 3. The number of aldehydes is 1. The van der Waals surface area contributed by atoms with Crippen LogP contribution in [0.4, 0.5) is 49.5 Å². The average molecular weight is 2280 g/mol. The largest absolute Gasteiger partial charge is 0.444 e. The van der Waals surface area contributed by atoms with Crippen LogP contribution in [0.5, 0.6) is 0 Å². The van der Waals surface area contributed by atoms with Crippen LogP contribution in [-0.4, -0.2) is 154 Å². The number of carbonyl (C=O) groups excluding carboxylic acids is 3. The van der Waals surface area contributed by atoms with E-state index in [9.17, 15) is 24.6 Å². The fourth-order valence-electron chi connectivity index (χ4n) is 9.13. The van der Waals surface area contributed by atoms with Crippen LogP contribution in [0.25, 0.3) is 21.8 Å². The zero-order valence-corrected chi connectivity index (χ0v) is 89.6. The molecule has 10 heterocycles. The van der Waals surface area contributed by atoms with Crippen LogP contribution < -0.4 is 38.5 Å². The minimum Gasteiger partial charge on any atom is -0.444 e. The number of halogens is 10. The van der Waals surface area contributed by atoms with Crippen molar-refractivity contribution in [2.24, 2.45) is 10.8 Å². The van der Waals surface area contributed by atoms with E-state index in [2.05, 4.69) is 243 Å². The van der Waals surface area contributed by atoms with Crippen LogP contribution in [-0.2, 0) is 42.6 Å². The molecule has 10 aromatic rings. The monoisotopic (exact) mass is 2270 g/mol. The number of fused-ring (bicyclic) bond motifs is 2. The van der Waals surface area contributed by atoms with Crippen LogP contribution >= 0.6 is 149 Å². The highest BCUT2D eigenvalue weighted by molar-refractivity contribution is 14.1. The molecule has 14 N–H and O–H groups in total. The van der Waals surface area contributed by atoms with Gasteiger partial charge in [0.2, 0.25) is 0 Å². The summed E-state index contributed by atoms with van der Waals surface area (Å²) < 4.78 is 22.7. The molecule has 0 aromatic carbocycles. The molecular formula is C91H127Cl7I3N17O10Si. The lowest BCUT2D eigenvalue weighted by atomic mass is 9.92. The maximum atomic E-state index is 11.5. The van der Waals surface area contributed by atoms with E-state index in [-0.39, 0.29) is 67.2 Å². The first kappa shape index (κ1) is 122. The Kier molecular flexibility index (Phi) is 54.9. The number of nitrogens with two attached hydrogens (primary N) is 3. The summed E-state index contributed by atoms with van der Waals surface area (Å²) in [5.41, 5.74) is 24.8. The molecule has 2 amide bonds. The first-order valence-electron chi connectivity index (χ1n) is 39.8. The molecule has 38 heteroatoms. The molecule has 0 spiro atoms. The molecule has 0 bridgehead atoms. The van der Waals surface area contributed by atoms with E-state index in [4.69, 9.17) is 129 Å². The van der Waals surface area contributed by atoms with Gasteiger partial charge in [0.15, 0.2) is 8.32 Å². The number of amides is 2. The van der Waals surface area contributed by atoms with E-state index in [1.165, 1.54) is 30.0 Å². The number of nitrogens with zero attached hydrogens (tertiary/aromatic N) is 10. The van der Waals surface area contributed by atoms with Crippen molar-refractivity contribution in [1.29, 1.82) is 0 Å². The quantitative estimate of drug-likeness (QED) is 0.0149. The fourth-order valence-corrected chi connectivity index (χ4v) is 13.3. The van der Waals surface area contributed by atoms with Gasteiger partial charge in [0, 0.05) is 80.7 Å². The van der Waals surface area contributed by atoms with Crippen LogP contribution in [0.1, 0.15) is 170 Å². The Labute approximate surface area is 839 Å². The summed E-state index contributed by atoms with van der Waals surface area (Å²) in [5, 5.41) is 52.4. The Balaban J connectivity index is 0.00000143. The maximum absolute atomic E-state index is 11.5. The zero-order valence-electron chi connectivity index (χ0n) is 76.8. The van der Waals surface area contributed by atoms with Crippen molar-refractivity contribution in [2.45, 2.75) is 206 Å². The Morgan fingerprint density at radius 2 is 0.884 bits per heavy atom. The fraction of sp³-hybridized carbons (Fsp3) is 0.440. The predicted octanol–water partition coefficient (Wildman–Crippen LogP) is 23.7. The summed E-state index contributed by atoms with van der Waals surface area (Å²) in [6, 6.07) is 21.5. The van der Waals surface area contributed by atoms with E-state index in [1.807, 2.05) is 53.7 Å². The highest BCUT2D eigenvalue weighted by atomic mass is 127. The zero-order chi connectivity index (χ0) is 98.1. The Morgan fingerprint density at radius 1 is 0.488 bits per heavy atom. The van der Waals surface area contributed by atoms with Gasteiger partial charge in [0.05, 0.1) is 133 Å². The molecule has 129 heavy (non-hydrogen) atoms. The molecule has 10 rings (SSSR count). The normalized spacial score (nSPS) is 11.0. The first-order chi connectivity index (χ1) is 59.0. The van der Waals surface area contributed by atoms with Gasteiger partial charge in [-0.15, -0.1) is 12.3 Å². The standard InChI is InChI=1S/2C13H17ClN2O.C13H19N3O.C10H12ClIN2O2.C10H13ClN2O2.C8H18O2Si.C7H8ClIN2O.C6H10.C5H4ClIN2.C5H5ClN2.CH4/c1-13(2,3)11-6-9-7-12(14)15-8-10(9)16(11)4-5-17;1-13(2,3)5-4-10-8-12(14)16-9-11(10)15-6-7-17;1-13(2,3)11-6-9-7-12(14)15-8-10(9)16(11)4-5-17;1-10(2,3)16-9(15)14-7-5-13-8(11)4-6(7)12;1-10(2,3)15-9(14)13-7-4-5-8(11)12-6-7;1-8(2,3)11(4,5)10-7-6-9;8-7-3-5(9)6(4-11-7)10-1-2-12;1-5-6(2,3)4;6-5-1-3(7)4(8)2-9-5;6-5-2-1-4(7)3-8-5;/h6-8,17H,4-5H2,1-3H3;8-9,15,17H,6-7H2,1-3H3;6-8,17H,4-5H2,1-3H3,(H2,14,15);4-5H,1-3H3,(H,14,15);4-6H,1-3H3,(H,13,14);6H,7H2,1-5H3;3-4,10,12H,1-2H2;1H,2-4H3;1-2H,8H2;1-3H,7H2;1H4. The summed E-state index contributed by atoms with van der Waals surface area (Å²) in [7, 11) is -1.66. The molecule has 0 aliphatic heterocycles. The highest BCUT2D eigenvalue weighted by Gasteiger charge is 2.37. The minimum atomic E-state index is -1.66. The summed E-state index contributed by atoms with van der Waals surface area (Å²) in [6.07, 6.45) is 17.7. The molecule has 710 valence electrons. The lowest BCUT2D eigenvalue weighted by molar-refractivity contribution is -0.109. The van der Waals surface area contributed by atoms with Gasteiger partial charge in [-0.25, -0.2) is 49.5 Å². The third kappa shape index (κ3) is 51.6. The Hall–Kier alpha value is -7.15. The van der Waals surface area contributed by atoms with Gasteiger partial charge in [0.25, 0.3) is 0 Å². The van der Waals surface area contributed by atoms with Gasteiger partial charge in [-0.3, -0.25) is 10.6 Å². The second kappa shape index (κ2) is 58.1. The van der Waals surface area contributed by atoms with Crippen molar-refractivity contribution in [3.63, 3.8) is 0 Å². The van der Waals surface area contributed by atoms with Crippen molar-refractivity contribution in [3.8, 4) is 24.2 Å². The van der Waals surface area contributed by atoms with Crippen LogP contribution in [0.15, 0.2) is 122 Å². The molecule has 0 atom stereocenters. The molecule has 0 unspecified atom stereocenters. The smallest absolute Gasteiger partial charge is 0.412 e. The lowest BCUT2D eigenvalue weighted by Crippen LogP contribution is -2.41. The third-order valence-electron chi connectivity index (χ3n) is 16.0. The summed E-state index contributed by atoms with van der Waals surface area (Å²) in [6.45, 7) is 49.5. The number of aliphatic hydroxyl groups excluding tert-OH is 4. The SMILES string of the molecule is C.C#CC(C)(C)C.CC(C)(C)C#Cc1cc(Cl)ncc1NCCO.CC(C)(C)OC(=O)Nc1ccc(Cl)nc1.CC(C)(C)OC(=O)Nc1cnc(Cl)cc1I.CC(C)(C)[Si](C)(C)OCC=O.CC(C)(C)c1cc2cc(Cl)ncc2n1CCO.CC(C)(C)c1cc2cc(N)ncc2n1CCO.Nc1ccc(Cl)nc1.Nc1cnc(Cl)cc1I.OCCNc1cnc(Cl)cc1I. The topological polar surface area (TPSA) is 399 Å². The van der Waals surface area contributed by atoms with E-state index in [1.54, 1.807) is 121 Å². The lowest BCUT2D eigenvalue weighted by Gasteiger charge is -2.35. The molecule has 10 aromatic heterocycles. The minimum absolute atomic E-state index is 0. The van der Waals surface area contributed by atoms with E-state index in [0.717, 1.165) is 55.7 Å². The van der Waals surface area contributed by atoms with Crippen molar-refractivity contribution in [3.05, 3.63) is 186 Å². The molecule has 0 fully saturated rings.